The van der Waals surface area contributed by atoms with Gasteiger partial charge in [-0.2, -0.15) is 5.10 Å². The molecule has 0 saturated carbocycles. The molecule has 0 atom stereocenters. The Kier molecular flexibility index (Phi) is 6.34. The van der Waals surface area contributed by atoms with E-state index in [2.05, 4.69) is 15.7 Å². The first-order chi connectivity index (χ1) is 13.9. The Balaban J connectivity index is 1.74. The van der Waals surface area contributed by atoms with Crippen LogP contribution in [0.5, 0.6) is 0 Å². The van der Waals surface area contributed by atoms with Crippen molar-refractivity contribution in [3.8, 4) is 0 Å². The number of amides is 2. The van der Waals surface area contributed by atoms with Crippen LogP contribution in [0, 0.1) is 13.8 Å². The predicted molar refractivity (Wildman–Crippen MR) is 113 cm³/mol. The van der Waals surface area contributed by atoms with Gasteiger partial charge in [0.25, 0.3) is 11.8 Å². The van der Waals surface area contributed by atoms with E-state index in [4.69, 9.17) is 11.6 Å². The molecule has 0 unspecified atom stereocenters. The van der Waals surface area contributed by atoms with Gasteiger partial charge in [0.2, 0.25) is 0 Å². The SMILES string of the molecule is CNC(=O)c1cccc(CNC(=O)c2c(C)nn(Cc3ccccc3Cl)c2C)c1. The average Bonchev–Trinajstić information content (AvgIpc) is 3.00. The Morgan fingerprint density at radius 2 is 1.83 bits per heavy atom. The van der Waals surface area contributed by atoms with Crippen molar-refractivity contribution in [1.29, 1.82) is 0 Å². The molecular weight excluding hydrogens is 388 g/mol. The fourth-order valence-electron chi connectivity index (χ4n) is 3.21. The highest BCUT2D eigenvalue weighted by Crippen LogP contribution is 2.19. The number of aryl methyl sites for hydroxylation is 1. The topological polar surface area (TPSA) is 76.0 Å². The molecule has 0 aliphatic rings. The van der Waals surface area contributed by atoms with Gasteiger partial charge in [-0.15, -0.1) is 0 Å². The molecule has 2 amide bonds. The fourth-order valence-corrected chi connectivity index (χ4v) is 3.40. The molecule has 2 N–H and O–H groups in total. The molecule has 0 spiro atoms. The number of rotatable bonds is 6. The van der Waals surface area contributed by atoms with Crippen LogP contribution in [0.2, 0.25) is 5.02 Å². The smallest absolute Gasteiger partial charge is 0.255 e. The normalized spacial score (nSPS) is 10.6. The summed E-state index contributed by atoms with van der Waals surface area (Å²) in [6.45, 7) is 4.50. The van der Waals surface area contributed by atoms with Crippen LogP contribution in [0.1, 0.15) is 43.2 Å². The second kappa shape index (κ2) is 8.92. The third kappa shape index (κ3) is 4.66. The van der Waals surface area contributed by atoms with Crippen molar-refractivity contribution >= 4 is 23.4 Å². The molecule has 0 aliphatic carbocycles. The van der Waals surface area contributed by atoms with Gasteiger partial charge in [0.15, 0.2) is 0 Å². The lowest BCUT2D eigenvalue weighted by molar-refractivity contribution is 0.0947. The molecule has 0 fully saturated rings. The lowest BCUT2D eigenvalue weighted by atomic mass is 10.1. The van der Waals surface area contributed by atoms with Gasteiger partial charge in [-0.25, -0.2) is 0 Å². The lowest BCUT2D eigenvalue weighted by Crippen LogP contribution is -2.24. The van der Waals surface area contributed by atoms with E-state index in [1.54, 1.807) is 29.9 Å². The quantitative estimate of drug-likeness (QED) is 0.653. The van der Waals surface area contributed by atoms with Gasteiger partial charge in [-0.1, -0.05) is 41.9 Å². The summed E-state index contributed by atoms with van der Waals surface area (Å²) in [6.07, 6.45) is 0. The molecule has 7 heteroatoms. The summed E-state index contributed by atoms with van der Waals surface area (Å²) in [5.41, 5.74) is 4.33. The van der Waals surface area contributed by atoms with Crippen molar-refractivity contribution in [3.63, 3.8) is 0 Å². The van der Waals surface area contributed by atoms with Crippen LogP contribution in [0.4, 0.5) is 0 Å². The first kappa shape index (κ1) is 20.6. The number of aromatic nitrogens is 2. The van der Waals surface area contributed by atoms with E-state index < -0.39 is 0 Å². The van der Waals surface area contributed by atoms with Crippen molar-refractivity contribution in [2.45, 2.75) is 26.9 Å². The highest BCUT2D eigenvalue weighted by Gasteiger charge is 2.19. The summed E-state index contributed by atoms with van der Waals surface area (Å²) in [6, 6.07) is 14.7. The summed E-state index contributed by atoms with van der Waals surface area (Å²) in [7, 11) is 1.59. The second-order valence-corrected chi connectivity index (χ2v) is 7.16. The van der Waals surface area contributed by atoms with E-state index in [0.29, 0.717) is 34.9 Å². The highest BCUT2D eigenvalue weighted by molar-refractivity contribution is 6.31. The maximum absolute atomic E-state index is 12.8. The van der Waals surface area contributed by atoms with E-state index in [1.807, 2.05) is 44.2 Å². The second-order valence-electron chi connectivity index (χ2n) is 6.76. The van der Waals surface area contributed by atoms with E-state index in [9.17, 15) is 9.59 Å². The molecule has 3 rings (SSSR count). The average molecular weight is 411 g/mol. The van der Waals surface area contributed by atoms with Gasteiger partial charge < -0.3 is 10.6 Å². The van der Waals surface area contributed by atoms with Crippen molar-refractivity contribution in [2.24, 2.45) is 0 Å². The molecule has 29 heavy (non-hydrogen) atoms. The summed E-state index contributed by atoms with van der Waals surface area (Å²) in [5, 5.41) is 10.7. The van der Waals surface area contributed by atoms with E-state index in [0.717, 1.165) is 16.8 Å². The Bertz CT molecular complexity index is 1060. The van der Waals surface area contributed by atoms with Gasteiger partial charge in [-0.05, 0) is 43.2 Å². The molecule has 3 aromatic rings. The first-order valence-corrected chi connectivity index (χ1v) is 9.65. The van der Waals surface area contributed by atoms with Crippen LogP contribution in [-0.4, -0.2) is 28.6 Å². The van der Waals surface area contributed by atoms with Crippen LogP contribution in [-0.2, 0) is 13.1 Å². The number of hydrogen-bond acceptors (Lipinski definition) is 3. The third-order valence-electron chi connectivity index (χ3n) is 4.76. The zero-order valence-electron chi connectivity index (χ0n) is 16.6. The minimum Gasteiger partial charge on any atom is -0.355 e. The highest BCUT2D eigenvalue weighted by atomic mass is 35.5. The van der Waals surface area contributed by atoms with Crippen LogP contribution < -0.4 is 10.6 Å². The van der Waals surface area contributed by atoms with E-state index in [1.165, 1.54) is 0 Å². The molecule has 6 nitrogen and oxygen atoms in total. The monoisotopic (exact) mass is 410 g/mol. The van der Waals surface area contributed by atoms with Gasteiger partial charge in [-0.3, -0.25) is 14.3 Å². The number of benzene rings is 2. The number of nitrogens with one attached hydrogen (secondary N) is 2. The molecule has 0 bridgehead atoms. The van der Waals surface area contributed by atoms with Crippen LogP contribution in [0.25, 0.3) is 0 Å². The zero-order chi connectivity index (χ0) is 21.0. The minimum atomic E-state index is -0.198. The number of halogens is 1. The summed E-state index contributed by atoms with van der Waals surface area (Å²) in [4.78, 5) is 24.6. The number of hydrogen-bond donors (Lipinski definition) is 2. The van der Waals surface area contributed by atoms with E-state index in [-0.39, 0.29) is 11.8 Å². The predicted octanol–water partition coefficient (Wildman–Crippen LogP) is 3.49. The van der Waals surface area contributed by atoms with Crippen LogP contribution in [0.15, 0.2) is 48.5 Å². The van der Waals surface area contributed by atoms with Gasteiger partial charge in [0, 0.05) is 29.9 Å². The largest absolute Gasteiger partial charge is 0.355 e. The van der Waals surface area contributed by atoms with Gasteiger partial charge >= 0.3 is 0 Å². The first-order valence-electron chi connectivity index (χ1n) is 9.27. The van der Waals surface area contributed by atoms with Crippen molar-refractivity contribution in [1.82, 2.24) is 20.4 Å². The molecule has 150 valence electrons. The number of carbonyl (C=O) groups excluding carboxylic acids is 2. The molecule has 0 aliphatic heterocycles. The molecule has 2 aromatic carbocycles. The number of nitrogens with zero attached hydrogens (tertiary/aromatic N) is 2. The van der Waals surface area contributed by atoms with Gasteiger partial charge in [0.05, 0.1) is 17.8 Å². The maximum atomic E-state index is 12.8. The van der Waals surface area contributed by atoms with Crippen molar-refractivity contribution < 1.29 is 9.59 Å². The van der Waals surface area contributed by atoms with Crippen molar-refractivity contribution in [2.75, 3.05) is 7.05 Å². The van der Waals surface area contributed by atoms with Crippen LogP contribution in [0.3, 0.4) is 0 Å². The van der Waals surface area contributed by atoms with E-state index >= 15 is 0 Å². The number of carbonyl (C=O) groups is 2. The Morgan fingerprint density at radius 3 is 2.55 bits per heavy atom. The van der Waals surface area contributed by atoms with Crippen LogP contribution >= 0.6 is 11.6 Å². The Morgan fingerprint density at radius 1 is 1.07 bits per heavy atom. The fraction of sp³-hybridized carbons (Fsp3) is 0.227. The van der Waals surface area contributed by atoms with Gasteiger partial charge in [0.1, 0.15) is 0 Å². The Hall–Kier alpha value is -3.12. The molecule has 0 radical (unpaired) electrons. The maximum Gasteiger partial charge on any atom is 0.255 e. The molecule has 0 saturated heterocycles. The minimum absolute atomic E-state index is 0.161. The van der Waals surface area contributed by atoms with Crippen molar-refractivity contribution in [3.05, 3.63) is 87.2 Å². The zero-order valence-corrected chi connectivity index (χ0v) is 17.4. The standard InChI is InChI=1S/C22H23ClN4O2/c1-14-20(15(2)27(26-14)13-18-8-4-5-10-19(18)23)22(29)25-12-16-7-6-9-17(11-16)21(28)24-3/h4-11H,12-13H2,1-3H3,(H,24,28)(H,25,29). The summed E-state index contributed by atoms with van der Waals surface area (Å²) in [5.74, 6) is -0.360. The summed E-state index contributed by atoms with van der Waals surface area (Å²) >= 11 is 6.25. The lowest BCUT2D eigenvalue weighted by Gasteiger charge is -2.09. The third-order valence-corrected chi connectivity index (χ3v) is 5.12. The Labute approximate surface area is 174 Å². The molecule has 1 heterocycles. The molecule has 1 aromatic heterocycles. The molecular formula is C22H23ClN4O2. The summed E-state index contributed by atoms with van der Waals surface area (Å²) < 4.78 is 1.79.